The van der Waals surface area contributed by atoms with Gasteiger partial charge in [-0.05, 0) is 62.8 Å². The van der Waals surface area contributed by atoms with Crippen LogP contribution in [0.4, 0.5) is 5.82 Å². The number of hydrogen-bond donors (Lipinski definition) is 2. The van der Waals surface area contributed by atoms with E-state index in [-0.39, 0.29) is 6.17 Å². The summed E-state index contributed by atoms with van der Waals surface area (Å²) in [6, 6.07) is 3.78. The summed E-state index contributed by atoms with van der Waals surface area (Å²) in [5.41, 5.74) is 6.69. The number of halogens is 2. The predicted molar refractivity (Wildman–Crippen MR) is 102 cm³/mol. The maximum Gasteiger partial charge on any atom is 0.130 e. The molecule has 22 heavy (non-hydrogen) atoms. The second kappa shape index (κ2) is 7.42. The zero-order chi connectivity index (χ0) is 16.3. The van der Waals surface area contributed by atoms with Crippen LogP contribution < -0.4 is 11.1 Å². The Morgan fingerprint density at radius 3 is 2.68 bits per heavy atom. The van der Waals surface area contributed by atoms with Crippen LogP contribution in [0.2, 0.25) is 0 Å². The second-order valence-electron chi connectivity index (χ2n) is 5.97. The fourth-order valence-corrected chi connectivity index (χ4v) is 3.43. The van der Waals surface area contributed by atoms with Crippen LogP contribution in [0, 0.1) is 0 Å². The Bertz CT molecular complexity index is 545. The minimum atomic E-state index is -0.531. The largest absolute Gasteiger partial charge is 0.384 e. The van der Waals surface area contributed by atoms with Gasteiger partial charge in [0.2, 0.25) is 0 Å². The number of nitrogens with one attached hydrogen (secondary N) is 1. The summed E-state index contributed by atoms with van der Waals surface area (Å²) in [7, 11) is -0.531. The van der Waals surface area contributed by atoms with E-state index < -0.39 is 10.0 Å². The monoisotopic (exact) mass is 452 g/mol. The molecular formula is C14H22Br2N4OS. The fraction of sp³-hybridized carbons (Fsp3) is 0.500. The third kappa shape index (κ3) is 4.78. The van der Waals surface area contributed by atoms with Gasteiger partial charge in [0.05, 0.1) is 6.61 Å². The lowest BCUT2D eigenvalue weighted by Crippen LogP contribution is -2.31. The van der Waals surface area contributed by atoms with Crippen molar-refractivity contribution in [3.8, 4) is 0 Å². The number of nitrogens with two attached hydrogens (primary N) is 1. The van der Waals surface area contributed by atoms with Crippen molar-refractivity contribution in [1.29, 1.82) is 0 Å². The first-order valence-electron chi connectivity index (χ1n) is 6.81. The van der Waals surface area contributed by atoms with Crippen molar-refractivity contribution >= 4 is 47.7 Å². The van der Waals surface area contributed by atoms with Gasteiger partial charge in [0, 0.05) is 17.5 Å². The van der Waals surface area contributed by atoms with E-state index in [4.69, 9.17) is 10.5 Å². The molecule has 1 aromatic heterocycles. The van der Waals surface area contributed by atoms with E-state index in [1.54, 1.807) is 12.3 Å². The zero-order valence-electron chi connectivity index (χ0n) is 13.0. The molecule has 8 heteroatoms. The molecule has 1 aromatic rings. The van der Waals surface area contributed by atoms with Crippen LogP contribution >= 0.6 is 41.9 Å². The summed E-state index contributed by atoms with van der Waals surface area (Å²) < 4.78 is 7.71. The van der Waals surface area contributed by atoms with Gasteiger partial charge in [-0.1, -0.05) is 0 Å². The zero-order valence-corrected chi connectivity index (χ0v) is 17.0. The molecular weight excluding hydrogens is 432 g/mol. The van der Waals surface area contributed by atoms with Crippen LogP contribution in [0.1, 0.15) is 11.7 Å². The minimum absolute atomic E-state index is 0.0289. The van der Waals surface area contributed by atoms with Crippen LogP contribution in [-0.2, 0) is 4.74 Å². The molecule has 2 heterocycles. The Morgan fingerprint density at radius 2 is 2.09 bits per heavy atom. The molecule has 0 radical (unpaired) electrons. The maximum absolute atomic E-state index is 5.86. The number of anilines is 1. The molecule has 0 fully saturated rings. The third-order valence-electron chi connectivity index (χ3n) is 3.20. The predicted octanol–water partition coefficient (Wildman–Crippen LogP) is 3.15. The molecule has 0 aromatic carbocycles. The smallest absolute Gasteiger partial charge is 0.130 e. The molecule has 1 aliphatic rings. The van der Waals surface area contributed by atoms with Crippen molar-refractivity contribution in [3.63, 3.8) is 0 Å². The molecule has 0 saturated heterocycles. The van der Waals surface area contributed by atoms with Crippen molar-refractivity contribution in [1.82, 2.24) is 15.2 Å². The molecule has 5 nitrogen and oxygen atoms in total. The van der Waals surface area contributed by atoms with E-state index in [0.717, 1.165) is 27.1 Å². The topological polar surface area (TPSA) is 63.4 Å². The Kier molecular flexibility index (Phi) is 6.04. The lowest BCUT2D eigenvalue weighted by Gasteiger charge is -2.29. The maximum atomic E-state index is 5.86. The first kappa shape index (κ1) is 17.9. The van der Waals surface area contributed by atoms with Crippen molar-refractivity contribution in [2.45, 2.75) is 6.17 Å². The van der Waals surface area contributed by atoms with Gasteiger partial charge in [-0.3, -0.25) is 0 Å². The van der Waals surface area contributed by atoms with Crippen molar-refractivity contribution in [3.05, 3.63) is 33.1 Å². The van der Waals surface area contributed by atoms with Crippen molar-refractivity contribution in [2.75, 3.05) is 43.6 Å². The van der Waals surface area contributed by atoms with E-state index in [1.807, 2.05) is 6.07 Å². The molecule has 0 aliphatic carbocycles. The summed E-state index contributed by atoms with van der Waals surface area (Å²) in [6.45, 7) is 1.27. The summed E-state index contributed by atoms with van der Waals surface area (Å²) in [4.78, 5) is 6.27. The Hall–Kier alpha value is -0.440. The SMILES string of the molecule is CS(C)(C)CCOCN1C(Br)=C(Br)NC1c1ccc(N)nc1. The molecule has 3 N–H and O–H groups in total. The molecule has 1 aliphatic heterocycles. The summed E-state index contributed by atoms with van der Waals surface area (Å²) in [6.07, 6.45) is 8.64. The van der Waals surface area contributed by atoms with Gasteiger partial charge < -0.3 is 20.7 Å². The lowest BCUT2D eigenvalue weighted by atomic mass is 10.2. The molecule has 0 spiro atoms. The van der Waals surface area contributed by atoms with Gasteiger partial charge >= 0.3 is 0 Å². The number of ether oxygens (including phenoxy) is 1. The summed E-state index contributed by atoms with van der Waals surface area (Å²) in [5, 5.41) is 3.37. The molecule has 124 valence electrons. The minimum Gasteiger partial charge on any atom is -0.384 e. The Morgan fingerprint density at radius 1 is 1.36 bits per heavy atom. The average molecular weight is 454 g/mol. The molecule has 1 atom stereocenters. The second-order valence-corrected chi connectivity index (χ2v) is 12.1. The highest BCUT2D eigenvalue weighted by atomic mass is 79.9. The van der Waals surface area contributed by atoms with Crippen LogP contribution in [-0.4, -0.2) is 47.7 Å². The first-order chi connectivity index (χ1) is 10.3. The normalized spacial score (nSPS) is 19.5. The van der Waals surface area contributed by atoms with Gasteiger partial charge in [-0.2, -0.15) is 0 Å². The highest BCUT2D eigenvalue weighted by Crippen LogP contribution is 2.37. The number of rotatable bonds is 6. The van der Waals surface area contributed by atoms with Crippen molar-refractivity contribution < 1.29 is 4.74 Å². The molecule has 0 amide bonds. The Balaban J connectivity index is 2.00. The highest BCUT2D eigenvalue weighted by Gasteiger charge is 2.30. The number of nitrogens with zero attached hydrogens (tertiary/aromatic N) is 2. The van der Waals surface area contributed by atoms with Crippen LogP contribution in [0.5, 0.6) is 0 Å². The van der Waals surface area contributed by atoms with Crippen LogP contribution in [0.15, 0.2) is 27.5 Å². The fourth-order valence-electron chi connectivity index (χ4n) is 1.94. The van der Waals surface area contributed by atoms with E-state index in [0.29, 0.717) is 12.5 Å². The van der Waals surface area contributed by atoms with E-state index >= 15 is 0 Å². The molecule has 1 unspecified atom stereocenters. The number of hydrogen-bond acceptors (Lipinski definition) is 5. The van der Waals surface area contributed by atoms with Crippen molar-refractivity contribution in [2.24, 2.45) is 0 Å². The quantitative estimate of drug-likeness (QED) is 0.511. The molecule has 0 saturated carbocycles. The van der Waals surface area contributed by atoms with Gasteiger partial charge in [0.15, 0.2) is 0 Å². The highest BCUT2D eigenvalue weighted by molar-refractivity contribution is 9.14. The van der Waals surface area contributed by atoms with E-state index in [2.05, 4.69) is 65.8 Å². The van der Waals surface area contributed by atoms with E-state index in [1.165, 1.54) is 0 Å². The standard InChI is InChI=1S/C14H22Br2N4OS/c1-22(2,3)7-6-21-9-20-13(16)12(15)19-14(20)10-4-5-11(17)18-8-10/h4-5,8,14,19H,6-7,9H2,1-3H3,(H2,17,18). The van der Waals surface area contributed by atoms with Crippen LogP contribution in [0.25, 0.3) is 0 Å². The first-order valence-corrected chi connectivity index (χ1v) is 11.4. The molecule has 2 rings (SSSR count). The summed E-state index contributed by atoms with van der Waals surface area (Å²) in [5.74, 6) is 1.62. The lowest BCUT2D eigenvalue weighted by molar-refractivity contribution is 0.0419. The number of pyridine rings is 1. The number of aromatic nitrogens is 1. The van der Waals surface area contributed by atoms with E-state index in [9.17, 15) is 0 Å². The molecule has 0 bridgehead atoms. The Labute approximate surface area is 150 Å². The summed E-state index contributed by atoms with van der Waals surface area (Å²) >= 11 is 7.11. The van der Waals surface area contributed by atoms with Crippen LogP contribution in [0.3, 0.4) is 0 Å². The van der Waals surface area contributed by atoms with Gasteiger partial charge in [-0.25, -0.2) is 15.0 Å². The number of nitrogen functional groups attached to an aromatic ring is 1. The van der Waals surface area contributed by atoms with Gasteiger partial charge in [0.1, 0.15) is 27.9 Å². The average Bonchev–Trinajstić information content (AvgIpc) is 2.71. The van der Waals surface area contributed by atoms with Gasteiger partial charge in [-0.15, -0.1) is 0 Å². The third-order valence-corrected chi connectivity index (χ3v) is 6.58. The van der Waals surface area contributed by atoms with Gasteiger partial charge in [0.25, 0.3) is 0 Å².